The normalized spacial score (nSPS) is 12.1. The molecular formula is C27H34N4O3S. The number of fused-ring (bicyclic) bond motifs is 1. The van der Waals surface area contributed by atoms with Gasteiger partial charge >= 0.3 is 0 Å². The summed E-state index contributed by atoms with van der Waals surface area (Å²) >= 11 is 1.21. The predicted octanol–water partition coefficient (Wildman–Crippen LogP) is 4.36. The molecule has 8 heteroatoms. The van der Waals surface area contributed by atoms with Crippen LogP contribution in [0.4, 0.5) is 0 Å². The Morgan fingerprint density at radius 2 is 1.74 bits per heavy atom. The largest absolute Gasteiger partial charge is 0.352 e. The lowest BCUT2D eigenvalue weighted by atomic mass is 9.98. The number of likely N-dealkylation sites (N-methyl/N-ethyl adjacent to an activating group) is 1. The Hall–Kier alpha value is -3.13. The number of carbonyl (C=O) groups is 2. The zero-order valence-corrected chi connectivity index (χ0v) is 21.9. The van der Waals surface area contributed by atoms with E-state index in [-0.39, 0.29) is 35.7 Å². The molecule has 0 radical (unpaired) electrons. The lowest BCUT2D eigenvalue weighted by Crippen LogP contribution is -2.43. The van der Waals surface area contributed by atoms with E-state index in [1.165, 1.54) is 22.2 Å². The van der Waals surface area contributed by atoms with Gasteiger partial charge in [-0.05, 0) is 62.9 Å². The van der Waals surface area contributed by atoms with Crippen molar-refractivity contribution in [2.75, 3.05) is 18.8 Å². The number of benzene rings is 2. The number of nitrogens with zero attached hydrogens (tertiary/aromatic N) is 3. The van der Waals surface area contributed by atoms with Crippen molar-refractivity contribution in [2.24, 2.45) is 0 Å². The molecule has 1 heterocycles. The molecule has 0 saturated carbocycles. The van der Waals surface area contributed by atoms with Gasteiger partial charge in [0.1, 0.15) is 0 Å². The third-order valence-corrected chi connectivity index (χ3v) is 6.84. The smallest absolute Gasteiger partial charge is 0.266 e. The van der Waals surface area contributed by atoms with Gasteiger partial charge in [-0.1, -0.05) is 49.9 Å². The summed E-state index contributed by atoms with van der Waals surface area (Å²) in [5.41, 5.74) is 2.33. The molecule has 186 valence electrons. The summed E-state index contributed by atoms with van der Waals surface area (Å²) in [6, 6.07) is 15.2. The van der Waals surface area contributed by atoms with E-state index in [9.17, 15) is 14.4 Å². The van der Waals surface area contributed by atoms with Crippen molar-refractivity contribution in [3.05, 3.63) is 64.4 Å². The van der Waals surface area contributed by atoms with E-state index in [1.807, 2.05) is 57.2 Å². The number of thioether (sulfide) groups is 1. The van der Waals surface area contributed by atoms with E-state index in [0.717, 1.165) is 6.42 Å². The van der Waals surface area contributed by atoms with Crippen LogP contribution in [0, 0.1) is 0 Å². The van der Waals surface area contributed by atoms with Crippen molar-refractivity contribution in [3.8, 4) is 5.69 Å². The lowest BCUT2D eigenvalue weighted by Gasteiger charge is -2.21. The molecule has 0 aliphatic heterocycles. The average molecular weight is 495 g/mol. The standard InChI is InChI=1S/C27H34N4O3S/c1-6-19(5)20-12-14-21(15-13-20)31-26(34)22-10-8-9-11-23(22)29-27(31)35-17-25(33)30(7-2)16-24(32)28-18(3)4/h8-15,18-19H,6-7,16-17H2,1-5H3,(H,28,32). The number of amides is 2. The molecule has 1 aromatic heterocycles. The molecule has 35 heavy (non-hydrogen) atoms. The summed E-state index contributed by atoms with van der Waals surface area (Å²) in [7, 11) is 0. The number of aromatic nitrogens is 2. The van der Waals surface area contributed by atoms with Gasteiger partial charge in [0.05, 0.1) is 28.9 Å². The van der Waals surface area contributed by atoms with Crippen LogP contribution < -0.4 is 10.9 Å². The van der Waals surface area contributed by atoms with Crippen LogP contribution in [0.2, 0.25) is 0 Å². The van der Waals surface area contributed by atoms with E-state index in [4.69, 9.17) is 4.98 Å². The van der Waals surface area contributed by atoms with Crippen molar-refractivity contribution in [3.63, 3.8) is 0 Å². The number of hydrogen-bond donors (Lipinski definition) is 1. The van der Waals surface area contributed by atoms with Gasteiger partial charge in [0.2, 0.25) is 11.8 Å². The molecule has 2 amide bonds. The second-order valence-electron chi connectivity index (χ2n) is 8.87. The van der Waals surface area contributed by atoms with Crippen molar-refractivity contribution < 1.29 is 9.59 Å². The topological polar surface area (TPSA) is 84.3 Å². The molecule has 1 atom stereocenters. The molecule has 0 spiro atoms. The molecule has 0 bridgehead atoms. The van der Waals surface area contributed by atoms with E-state index in [2.05, 4.69) is 19.2 Å². The number of nitrogens with one attached hydrogen (secondary N) is 1. The fourth-order valence-corrected chi connectivity index (χ4v) is 4.67. The fraction of sp³-hybridized carbons (Fsp3) is 0.407. The highest BCUT2D eigenvalue weighted by Crippen LogP contribution is 2.24. The van der Waals surface area contributed by atoms with Crippen LogP contribution in [-0.4, -0.2) is 51.1 Å². The zero-order valence-electron chi connectivity index (χ0n) is 21.1. The maximum atomic E-state index is 13.5. The average Bonchev–Trinajstić information content (AvgIpc) is 2.85. The minimum atomic E-state index is -0.192. The van der Waals surface area contributed by atoms with Gasteiger partial charge in [0, 0.05) is 12.6 Å². The van der Waals surface area contributed by atoms with Gasteiger partial charge < -0.3 is 10.2 Å². The quantitative estimate of drug-likeness (QED) is 0.334. The molecule has 3 rings (SSSR count). The third kappa shape index (κ3) is 6.51. The summed E-state index contributed by atoms with van der Waals surface area (Å²) < 4.78 is 1.57. The van der Waals surface area contributed by atoms with Gasteiger partial charge in [-0.25, -0.2) is 4.98 Å². The molecule has 0 aliphatic rings. The summed E-state index contributed by atoms with van der Waals surface area (Å²) in [6.45, 7) is 10.3. The fourth-order valence-electron chi connectivity index (χ4n) is 3.76. The molecule has 3 aromatic rings. The molecule has 2 aromatic carbocycles. The molecular weight excluding hydrogens is 460 g/mol. The highest BCUT2D eigenvalue weighted by molar-refractivity contribution is 7.99. The van der Waals surface area contributed by atoms with Gasteiger partial charge in [-0.3, -0.25) is 19.0 Å². The Balaban J connectivity index is 1.92. The Morgan fingerprint density at radius 3 is 2.37 bits per heavy atom. The first-order valence-electron chi connectivity index (χ1n) is 12.1. The zero-order chi connectivity index (χ0) is 25.5. The first-order valence-corrected chi connectivity index (χ1v) is 13.1. The highest BCUT2D eigenvalue weighted by Gasteiger charge is 2.19. The van der Waals surface area contributed by atoms with Crippen molar-refractivity contribution >= 4 is 34.5 Å². The van der Waals surface area contributed by atoms with E-state index in [1.54, 1.807) is 16.7 Å². The number of para-hydroxylation sites is 1. The molecule has 0 saturated heterocycles. The molecule has 0 aliphatic carbocycles. The van der Waals surface area contributed by atoms with Gasteiger partial charge in [0.15, 0.2) is 5.16 Å². The maximum Gasteiger partial charge on any atom is 0.266 e. The van der Waals surface area contributed by atoms with Crippen LogP contribution >= 0.6 is 11.8 Å². The number of rotatable bonds is 10. The Morgan fingerprint density at radius 1 is 1.06 bits per heavy atom. The summed E-state index contributed by atoms with van der Waals surface area (Å²) in [6.07, 6.45) is 1.03. The van der Waals surface area contributed by atoms with Gasteiger partial charge in [-0.2, -0.15) is 0 Å². The van der Waals surface area contributed by atoms with E-state index < -0.39 is 0 Å². The van der Waals surface area contributed by atoms with Crippen LogP contribution in [0.3, 0.4) is 0 Å². The Bertz CT molecular complexity index is 1240. The van der Waals surface area contributed by atoms with Crippen LogP contribution in [0.25, 0.3) is 16.6 Å². The Kier molecular flexibility index (Phi) is 9.09. The molecule has 1 unspecified atom stereocenters. The summed E-state index contributed by atoms with van der Waals surface area (Å²) in [5, 5.41) is 3.78. The minimum Gasteiger partial charge on any atom is -0.352 e. The van der Waals surface area contributed by atoms with Crippen LogP contribution in [0.15, 0.2) is 58.5 Å². The van der Waals surface area contributed by atoms with Gasteiger partial charge in [0.25, 0.3) is 5.56 Å². The predicted molar refractivity (Wildman–Crippen MR) is 142 cm³/mol. The number of carbonyl (C=O) groups excluding carboxylic acids is 2. The molecule has 1 N–H and O–H groups in total. The lowest BCUT2D eigenvalue weighted by molar-refractivity contribution is -0.134. The van der Waals surface area contributed by atoms with Crippen molar-refractivity contribution in [1.82, 2.24) is 19.8 Å². The monoisotopic (exact) mass is 494 g/mol. The van der Waals surface area contributed by atoms with Crippen LogP contribution in [0.5, 0.6) is 0 Å². The summed E-state index contributed by atoms with van der Waals surface area (Å²) in [5.74, 6) is 0.119. The molecule has 0 fully saturated rings. The second kappa shape index (κ2) is 12.0. The highest BCUT2D eigenvalue weighted by atomic mass is 32.2. The third-order valence-electron chi connectivity index (χ3n) is 5.92. The second-order valence-corrected chi connectivity index (χ2v) is 9.81. The SMILES string of the molecule is CCC(C)c1ccc(-n2c(SCC(=O)N(CC)CC(=O)NC(C)C)nc3ccccc3c2=O)cc1. The van der Waals surface area contributed by atoms with Crippen LogP contribution in [-0.2, 0) is 9.59 Å². The van der Waals surface area contributed by atoms with Crippen LogP contribution in [0.1, 0.15) is 52.5 Å². The maximum absolute atomic E-state index is 13.5. The summed E-state index contributed by atoms with van der Waals surface area (Å²) in [4.78, 5) is 44.8. The Labute approximate surface area is 210 Å². The molecule has 7 nitrogen and oxygen atoms in total. The van der Waals surface area contributed by atoms with E-state index in [0.29, 0.717) is 34.2 Å². The van der Waals surface area contributed by atoms with Crippen molar-refractivity contribution in [1.29, 1.82) is 0 Å². The minimum absolute atomic E-state index is 0.00308. The van der Waals surface area contributed by atoms with Gasteiger partial charge in [-0.15, -0.1) is 0 Å². The number of hydrogen-bond acceptors (Lipinski definition) is 5. The first-order chi connectivity index (χ1) is 16.7. The van der Waals surface area contributed by atoms with Crippen molar-refractivity contribution in [2.45, 2.75) is 58.2 Å². The first kappa shape index (κ1) is 26.5. The van der Waals surface area contributed by atoms with E-state index >= 15 is 0 Å².